The molecule has 1 aliphatic carbocycles. The molecule has 0 aromatic heterocycles. The van der Waals surface area contributed by atoms with E-state index >= 15 is 0 Å². The number of ether oxygens (including phenoxy) is 1. The zero-order chi connectivity index (χ0) is 27.4. The van der Waals surface area contributed by atoms with Crippen LogP contribution in [0.5, 0.6) is 0 Å². The molecule has 4 aliphatic rings. The normalized spacial score (nSPS) is 24.1. The molecule has 4 nitrogen and oxygen atoms in total. The van der Waals surface area contributed by atoms with Crippen molar-refractivity contribution in [2.75, 3.05) is 45.3 Å². The number of rotatable bonds is 4. The van der Waals surface area contributed by atoms with Crippen LogP contribution in [0.2, 0.25) is 0 Å². The molecule has 1 saturated heterocycles. The van der Waals surface area contributed by atoms with Crippen LogP contribution in [-0.4, -0.2) is 55.6 Å². The van der Waals surface area contributed by atoms with Gasteiger partial charge >= 0.3 is 0 Å². The molecule has 0 bridgehead atoms. The van der Waals surface area contributed by atoms with Crippen molar-refractivity contribution in [1.82, 2.24) is 4.90 Å². The van der Waals surface area contributed by atoms with Gasteiger partial charge in [-0.3, -0.25) is 0 Å². The molecule has 2 aromatic rings. The van der Waals surface area contributed by atoms with E-state index in [9.17, 15) is 0 Å². The number of anilines is 1. The summed E-state index contributed by atoms with van der Waals surface area (Å²) < 4.78 is 8.10. The minimum Gasteiger partial charge on any atom is -0.378 e. The second-order valence-electron chi connectivity index (χ2n) is 12.3. The maximum atomic E-state index is 5.74. The van der Waals surface area contributed by atoms with Crippen molar-refractivity contribution < 1.29 is 9.31 Å². The van der Waals surface area contributed by atoms with Gasteiger partial charge in [-0.15, -0.1) is 0 Å². The van der Waals surface area contributed by atoms with Gasteiger partial charge in [0.2, 0.25) is 5.69 Å². The van der Waals surface area contributed by atoms with E-state index in [2.05, 4.69) is 129 Å². The molecule has 0 radical (unpaired) electrons. The van der Waals surface area contributed by atoms with E-state index in [-0.39, 0.29) is 10.8 Å². The third-order valence-corrected chi connectivity index (χ3v) is 9.36. The number of nitrogens with zero attached hydrogens (tertiary/aromatic N) is 3. The molecular formula is C35H42N3O+. The van der Waals surface area contributed by atoms with E-state index in [1.807, 2.05) is 0 Å². The molecule has 4 heteroatoms. The maximum absolute atomic E-state index is 5.74. The molecule has 1 fully saturated rings. The van der Waals surface area contributed by atoms with Crippen molar-refractivity contribution in [3.63, 3.8) is 0 Å². The highest BCUT2D eigenvalue weighted by Gasteiger charge is 2.43. The number of likely N-dealkylation sites (N-methyl/N-ethyl adjacent to an activating group) is 1. The highest BCUT2D eigenvalue weighted by atomic mass is 16.5. The third-order valence-electron chi connectivity index (χ3n) is 9.36. The van der Waals surface area contributed by atoms with Gasteiger partial charge < -0.3 is 14.5 Å². The van der Waals surface area contributed by atoms with Gasteiger partial charge in [-0.1, -0.05) is 62.4 Å². The van der Waals surface area contributed by atoms with Crippen LogP contribution in [0, 0.1) is 0 Å². The van der Waals surface area contributed by atoms with Crippen LogP contribution in [0.3, 0.4) is 0 Å². The molecule has 0 saturated carbocycles. The van der Waals surface area contributed by atoms with Gasteiger partial charge in [0.05, 0.1) is 18.6 Å². The Morgan fingerprint density at radius 1 is 0.821 bits per heavy atom. The fourth-order valence-corrected chi connectivity index (χ4v) is 7.19. The van der Waals surface area contributed by atoms with Gasteiger partial charge in [0.25, 0.3) is 0 Å². The first-order chi connectivity index (χ1) is 18.7. The van der Waals surface area contributed by atoms with E-state index in [0.717, 1.165) is 39.1 Å². The van der Waals surface area contributed by atoms with Gasteiger partial charge in [0.15, 0.2) is 5.71 Å². The first-order valence-electron chi connectivity index (χ1n) is 14.4. The van der Waals surface area contributed by atoms with Crippen LogP contribution in [0.4, 0.5) is 11.4 Å². The molecular weight excluding hydrogens is 478 g/mol. The SMILES string of the molecule is CN1C(=CC=C2CCC(C=CC3=[N+](C)c4ccccc4C3(C)C)=C2N2CCOCC2)C(C)(C)c2ccccc21. The van der Waals surface area contributed by atoms with Crippen molar-refractivity contribution in [3.05, 3.63) is 107 Å². The fraction of sp³-hybridized carbons (Fsp3) is 0.400. The predicted octanol–water partition coefficient (Wildman–Crippen LogP) is 6.87. The summed E-state index contributed by atoms with van der Waals surface area (Å²) in [5.41, 5.74) is 12.4. The lowest BCUT2D eigenvalue weighted by molar-refractivity contribution is -0.401. The third kappa shape index (κ3) is 4.21. The Balaban J connectivity index is 1.37. The molecule has 6 rings (SSSR count). The Morgan fingerprint density at radius 3 is 2.23 bits per heavy atom. The number of morpholine rings is 1. The molecule has 2 aromatic carbocycles. The van der Waals surface area contributed by atoms with Gasteiger partial charge in [-0.2, -0.15) is 4.58 Å². The van der Waals surface area contributed by atoms with Crippen LogP contribution >= 0.6 is 0 Å². The number of hydrogen-bond acceptors (Lipinski definition) is 3. The Kier molecular flexibility index (Phi) is 6.42. The topological polar surface area (TPSA) is 18.7 Å². The van der Waals surface area contributed by atoms with Crippen LogP contribution in [-0.2, 0) is 15.6 Å². The van der Waals surface area contributed by atoms with Crippen molar-refractivity contribution in [2.45, 2.75) is 51.4 Å². The van der Waals surface area contributed by atoms with Crippen molar-refractivity contribution in [3.8, 4) is 0 Å². The van der Waals surface area contributed by atoms with Gasteiger partial charge in [0, 0.05) is 60.3 Å². The largest absolute Gasteiger partial charge is 0.378 e. The average Bonchev–Trinajstić information content (AvgIpc) is 3.49. The van der Waals surface area contributed by atoms with Gasteiger partial charge in [-0.05, 0) is 55.5 Å². The minimum atomic E-state index is -0.0170. The molecule has 0 spiro atoms. The Hall–Kier alpha value is -3.37. The van der Waals surface area contributed by atoms with E-state index in [1.165, 1.54) is 50.8 Å². The van der Waals surface area contributed by atoms with Crippen LogP contribution in [0.15, 0.2) is 95.4 Å². The molecule has 3 aliphatic heterocycles. The first-order valence-corrected chi connectivity index (χ1v) is 14.4. The molecule has 0 unspecified atom stereocenters. The monoisotopic (exact) mass is 520 g/mol. The average molecular weight is 521 g/mol. The van der Waals surface area contributed by atoms with E-state index < -0.39 is 0 Å². The number of hydrogen-bond donors (Lipinski definition) is 0. The summed E-state index contributed by atoms with van der Waals surface area (Å²) >= 11 is 0. The number of allylic oxidation sites excluding steroid dienone is 7. The zero-order valence-electron chi connectivity index (χ0n) is 24.4. The molecule has 39 heavy (non-hydrogen) atoms. The molecule has 202 valence electrons. The lowest BCUT2D eigenvalue weighted by Gasteiger charge is -2.31. The molecule has 3 heterocycles. The Bertz CT molecular complexity index is 1460. The van der Waals surface area contributed by atoms with E-state index in [0.29, 0.717) is 0 Å². The Morgan fingerprint density at radius 2 is 1.51 bits per heavy atom. The first kappa shape index (κ1) is 25.9. The lowest BCUT2D eigenvalue weighted by Crippen LogP contribution is -2.36. The standard InChI is InChI=1S/C35H42N3O/c1-34(2)27-11-7-9-13-29(27)36(5)31(34)19-17-25-15-16-26(33(25)38-21-23-39-24-22-38)18-20-32-35(3,4)28-12-8-10-14-30(28)37(32)6/h7-14,17-20H,15-16,21-24H2,1-6H3/q+1. The molecule has 0 atom stereocenters. The summed E-state index contributed by atoms with van der Waals surface area (Å²) in [6.07, 6.45) is 11.7. The summed E-state index contributed by atoms with van der Waals surface area (Å²) in [7, 11) is 4.41. The maximum Gasteiger partial charge on any atom is 0.209 e. The fourth-order valence-electron chi connectivity index (χ4n) is 7.19. The summed E-state index contributed by atoms with van der Waals surface area (Å²) in [6.45, 7) is 12.9. The predicted molar refractivity (Wildman–Crippen MR) is 162 cm³/mol. The van der Waals surface area contributed by atoms with Crippen LogP contribution in [0.25, 0.3) is 0 Å². The summed E-state index contributed by atoms with van der Waals surface area (Å²) in [6, 6.07) is 17.6. The molecule has 0 N–H and O–H groups in total. The van der Waals surface area contributed by atoms with Crippen molar-refractivity contribution in [1.29, 1.82) is 0 Å². The van der Waals surface area contributed by atoms with E-state index in [1.54, 1.807) is 0 Å². The second kappa shape index (κ2) is 9.67. The molecule has 0 amide bonds. The van der Waals surface area contributed by atoms with Gasteiger partial charge in [-0.25, -0.2) is 0 Å². The lowest BCUT2D eigenvalue weighted by atomic mass is 9.81. The van der Waals surface area contributed by atoms with Gasteiger partial charge in [0.1, 0.15) is 7.05 Å². The van der Waals surface area contributed by atoms with Crippen LogP contribution < -0.4 is 4.90 Å². The number of benzene rings is 2. The van der Waals surface area contributed by atoms with E-state index in [4.69, 9.17) is 4.74 Å². The number of fused-ring (bicyclic) bond motifs is 2. The van der Waals surface area contributed by atoms with Crippen molar-refractivity contribution >= 4 is 17.1 Å². The number of para-hydroxylation sites is 2. The van der Waals surface area contributed by atoms with Crippen LogP contribution in [0.1, 0.15) is 51.7 Å². The minimum absolute atomic E-state index is 0.0170. The quantitative estimate of drug-likeness (QED) is 0.410. The van der Waals surface area contributed by atoms with Crippen molar-refractivity contribution in [2.24, 2.45) is 0 Å². The summed E-state index contributed by atoms with van der Waals surface area (Å²) in [5.74, 6) is 0. The smallest absolute Gasteiger partial charge is 0.209 e. The summed E-state index contributed by atoms with van der Waals surface area (Å²) in [4.78, 5) is 4.92. The highest BCUT2D eigenvalue weighted by Crippen LogP contribution is 2.47. The summed E-state index contributed by atoms with van der Waals surface area (Å²) in [5, 5.41) is 0. The zero-order valence-corrected chi connectivity index (χ0v) is 24.4. The highest BCUT2D eigenvalue weighted by molar-refractivity contribution is 6.03. The second-order valence-corrected chi connectivity index (χ2v) is 12.3. The Labute approximate surface area is 234 Å².